The van der Waals surface area contributed by atoms with Crippen LogP contribution in [0.4, 0.5) is 0 Å². The molecule has 0 N–H and O–H groups in total. The van der Waals surface area contributed by atoms with E-state index in [2.05, 4.69) is 6.07 Å². The lowest BCUT2D eigenvalue weighted by molar-refractivity contribution is 0.603. The van der Waals surface area contributed by atoms with Crippen molar-refractivity contribution in [2.75, 3.05) is 17.8 Å². The molecule has 0 aliphatic carbocycles. The SMILES string of the molecule is Cc1ccc(C#N)c(SCCS(C)(=O)=O)c1. The molecule has 0 heterocycles. The van der Waals surface area contributed by atoms with Crippen molar-refractivity contribution in [2.45, 2.75) is 11.8 Å². The third-order valence-electron chi connectivity index (χ3n) is 1.97. The summed E-state index contributed by atoms with van der Waals surface area (Å²) in [5.74, 6) is 0.618. The topological polar surface area (TPSA) is 57.9 Å². The second kappa shape index (κ2) is 5.37. The van der Waals surface area contributed by atoms with Crippen molar-refractivity contribution in [3.8, 4) is 6.07 Å². The summed E-state index contributed by atoms with van der Waals surface area (Å²) in [6, 6.07) is 7.64. The highest BCUT2D eigenvalue weighted by molar-refractivity contribution is 8.00. The van der Waals surface area contributed by atoms with E-state index in [1.54, 1.807) is 6.07 Å². The average molecular weight is 255 g/mol. The molecule has 1 aromatic rings. The first kappa shape index (κ1) is 13.1. The van der Waals surface area contributed by atoms with Crippen molar-refractivity contribution >= 4 is 21.6 Å². The Morgan fingerprint density at radius 3 is 2.69 bits per heavy atom. The molecular formula is C11H13NO2S2. The van der Waals surface area contributed by atoms with E-state index in [1.807, 2.05) is 19.1 Å². The van der Waals surface area contributed by atoms with Gasteiger partial charge in [-0.2, -0.15) is 5.26 Å². The molecule has 0 radical (unpaired) electrons. The number of sulfone groups is 1. The summed E-state index contributed by atoms with van der Waals surface area (Å²) in [5, 5.41) is 8.89. The Morgan fingerprint density at radius 1 is 1.44 bits per heavy atom. The van der Waals surface area contributed by atoms with Gasteiger partial charge in [-0.1, -0.05) is 6.07 Å². The molecule has 0 spiro atoms. The zero-order valence-electron chi connectivity index (χ0n) is 9.23. The fourth-order valence-corrected chi connectivity index (χ4v) is 3.45. The Balaban J connectivity index is 2.74. The standard InChI is InChI=1S/C11H13NO2S2/c1-9-3-4-10(8-12)11(7-9)15-5-6-16(2,13)14/h3-4,7H,5-6H2,1-2H3. The summed E-state index contributed by atoms with van der Waals surface area (Å²) in [6.07, 6.45) is 1.22. The zero-order chi connectivity index (χ0) is 12.2. The first-order chi connectivity index (χ1) is 7.42. The molecule has 0 fully saturated rings. The number of nitrogens with zero attached hydrogens (tertiary/aromatic N) is 1. The normalized spacial score (nSPS) is 11.1. The fourth-order valence-electron chi connectivity index (χ4n) is 1.14. The van der Waals surface area contributed by atoms with Crippen LogP contribution in [0.2, 0.25) is 0 Å². The van der Waals surface area contributed by atoms with E-state index in [-0.39, 0.29) is 5.75 Å². The van der Waals surface area contributed by atoms with Gasteiger partial charge in [-0.3, -0.25) is 0 Å². The highest BCUT2D eigenvalue weighted by Crippen LogP contribution is 2.23. The average Bonchev–Trinajstić information content (AvgIpc) is 2.16. The van der Waals surface area contributed by atoms with Crippen molar-refractivity contribution in [3.05, 3.63) is 29.3 Å². The minimum Gasteiger partial charge on any atom is -0.229 e. The van der Waals surface area contributed by atoms with Gasteiger partial charge in [0, 0.05) is 16.9 Å². The lowest BCUT2D eigenvalue weighted by Crippen LogP contribution is -2.05. The molecule has 86 valence electrons. The number of rotatable bonds is 4. The third-order valence-corrected chi connectivity index (χ3v) is 4.23. The number of thioether (sulfide) groups is 1. The van der Waals surface area contributed by atoms with E-state index in [0.717, 1.165) is 10.5 Å². The van der Waals surface area contributed by atoms with Crippen LogP contribution >= 0.6 is 11.8 Å². The monoisotopic (exact) mass is 255 g/mol. The predicted molar refractivity (Wildman–Crippen MR) is 66.3 cm³/mol. The largest absolute Gasteiger partial charge is 0.229 e. The van der Waals surface area contributed by atoms with Gasteiger partial charge in [-0.25, -0.2) is 8.42 Å². The van der Waals surface area contributed by atoms with Gasteiger partial charge in [-0.15, -0.1) is 11.8 Å². The summed E-state index contributed by atoms with van der Waals surface area (Å²) in [4.78, 5) is 0.853. The molecule has 3 nitrogen and oxygen atoms in total. The van der Waals surface area contributed by atoms with Crippen LogP contribution < -0.4 is 0 Å². The molecule has 1 rings (SSSR count). The van der Waals surface area contributed by atoms with Gasteiger partial charge in [0.05, 0.1) is 11.3 Å². The highest BCUT2D eigenvalue weighted by Gasteiger charge is 2.06. The van der Waals surface area contributed by atoms with Gasteiger partial charge < -0.3 is 0 Å². The maximum Gasteiger partial charge on any atom is 0.148 e. The molecule has 0 unspecified atom stereocenters. The van der Waals surface area contributed by atoms with E-state index < -0.39 is 9.84 Å². The number of hydrogen-bond donors (Lipinski definition) is 0. The van der Waals surface area contributed by atoms with Gasteiger partial charge in [0.2, 0.25) is 0 Å². The number of benzene rings is 1. The van der Waals surface area contributed by atoms with E-state index in [1.165, 1.54) is 18.0 Å². The lowest BCUT2D eigenvalue weighted by atomic mass is 10.2. The van der Waals surface area contributed by atoms with Gasteiger partial charge in [0.1, 0.15) is 15.9 Å². The van der Waals surface area contributed by atoms with Crippen molar-refractivity contribution in [3.63, 3.8) is 0 Å². The van der Waals surface area contributed by atoms with Crippen molar-refractivity contribution < 1.29 is 8.42 Å². The maximum atomic E-state index is 11.0. The summed E-state index contributed by atoms with van der Waals surface area (Å²) >= 11 is 1.41. The minimum absolute atomic E-state index is 0.135. The fraction of sp³-hybridized carbons (Fsp3) is 0.364. The van der Waals surface area contributed by atoms with Gasteiger partial charge in [0.25, 0.3) is 0 Å². The molecule has 1 aromatic carbocycles. The van der Waals surface area contributed by atoms with Crippen molar-refractivity contribution in [1.82, 2.24) is 0 Å². The highest BCUT2D eigenvalue weighted by atomic mass is 32.2. The molecule has 0 aromatic heterocycles. The summed E-state index contributed by atoms with van der Waals surface area (Å²) in [7, 11) is -2.93. The molecule has 0 amide bonds. The lowest BCUT2D eigenvalue weighted by Gasteiger charge is -2.04. The Bertz CT molecular complexity index is 515. The Kier molecular flexibility index (Phi) is 4.39. The second-order valence-corrected chi connectivity index (χ2v) is 6.99. The van der Waals surface area contributed by atoms with Crippen LogP contribution in [0.3, 0.4) is 0 Å². The second-order valence-electron chi connectivity index (χ2n) is 3.59. The third kappa shape index (κ3) is 4.25. The zero-order valence-corrected chi connectivity index (χ0v) is 10.9. The number of hydrogen-bond acceptors (Lipinski definition) is 4. The first-order valence-electron chi connectivity index (χ1n) is 4.73. The van der Waals surface area contributed by atoms with Crippen LogP contribution in [0.25, 0.3) is 0 Å². The molecule has 0 saturated carbocycles. The van der Waals surface area contributed by atoms with Crippen molar-refractivity contribution in [2.24, 2.45) is 0 Å². The summed E-state index contributed by atoms with van der Waals surface area (Å²) in [5.41, 5.74) is 1.67. The van der Waals surface area contributed by atoms with E-state index in [4.69, 9.17) is 5.26 Å². The molecule has 0 atom stereocenters. The quantitative estimate of drug-likeness (QED) is 0.772. The van der Waals surface area contributed by atoms with Crippen LogP contribution in [-0.4, -0.2) is 26.2 Å². The Labute approximate surface area is 100 Å². The molecule has 0 bridgehead atoms. The first-order valence-corrected chi connectivity index (χ1v) is 7.78. The summed E-state index contributed by atoms with van der Waals surface area (Å²) in [6.45, 7) is 1.95. The van der Waals surface area contributed by atoms with Gasteiger partial charge >= 0.3 is 0 Å². The Hall–Kier alpha value is -0.990. The molecular weight excluding hydrogens is 242 g/mol. The molecule has 5 heteroatoms. The molecule has 0 aliphatic rings. The van der Waals surface area contributed by atoms with Crippen LogP contribution in [0.1, 0.15) is 11.1 Å². The van der Waals surface area contributed by atoms with E-state index in [9.17, 15) is 8.42 Å². The van der Waals surface area contributed by atoms with Crippen LogP contribution in [0, 0.1) is 18.3 Å². The van der Waals surface area contributed by atoms with Gasteiger partial charge in [-0.05, 0) is 24.6 Å². The molecule has 16 heavy (non-hydrogen) atoms. The minimum atomic E-state index is -2.93. The molecule has 0 saturated heterocycles. The van der Waals surface area contributed by atoms with Gasteiger partial charge in [0.15, 0.2) is 0 Å². The molecule has 0 aliphatic heterocycles. The van der Waals surface area contributed by atoms with Crippen molar-refractivity contribution in [1.29, 1.82) is 5.26 Å². The number of nitriles is 1. The van der Waals surface area contributed by atoms with Crippen LogP contribution in [0.5, 0.6) is 0 Å². The summed E-state index contributed by atoms with van der Waals surface area (Å²) < 4.78 is 21.9. The maximum absolute atomic E-state index is 11.0. The van der Waals surface area contributed by atoms with Crippen LogP contribution in [-0.2, 0) is 9.84 Å². The number of aryl methyl sites for hydroxylation is 1. The van der Waals surface area contributed by atoms with E-state index in [0.29, 0.717) is 11.3 Å². The smallest absolute Gasteiger partial charge is 0.148 e. The Morgan fingerprint density at radius 2 is 2.12 bits per heavy atom. The van der Waals surface area contributed by atoms with Crippen LogP contribution in [0.15, 0.2) is 23.1 Å². The van der Waals surface area contributed by atoms with E-state index >= 15 is 0 Å². The predicted octanol–water partition coefficient (Wildman–Crippen LogP) is 2.00.